The molecule has 2 aromatic rings. The average Bonchev–Trinajstić information content (AvgIpc) is 2.92. The maximum absolute atomic E-state index is 14.1. The molecule has 2 aliphatic heterocycles. The van der Waals surface area contributed by atoms with Crippen molar-refractivity contribution in [3.05, 3.63) is 53.0 Å². The van der Waals surface area contributed by atoms with E-state index in [4.69, 9.17) is 23.9 Å². The van der Waals surface area contributed by atoms with Crippen LogP contribution in [0.2, 0.25) is 25.7 Å². The van der Waals surface area contributed by atoms with E-state index >= 15 is 0 Å². The van der Waals surface area contributed by atoms with E-state index < -0.39 is 19.5 Å². The topological polar surface area (TPSA) is 87.2 Å². The highest BCUT2D eigenvalue weighted by Gasteiger charge is 2.37. The van der Waals surface area contributed by atoms with E-state index in [0.29, 0.717) is 31.8 Å². The number of amides is 1. The fourth-order valence-electron chi connectivity index (χ4n) is 6.04. The summed E-state index contributed by atoms with van der Waals surface area (Å²) in [5.74, 6) is -0.927. The van der Waals surface area contributed by atoms with Crippen LogP contribution in [0.4, 0.5) is 15.0 Å². The molecule has 2 aliphatic rings. The van der Waals surface area contributed by atoms with E-state index in [0.717, 1.165) is 40.4 Å². The molecule has 8 nitrogen and oxygen atoms in total. The van der Waals surface area contributed by atoms with Gasteiger partial charge in [0.2, 0.25) is 0 Å². The van der Waals surface area contributed by atoms with E-state index in [1.807, 2.05) is 46.8 Å². The number of benzene rings is 1. The van der Waals surface area contributed by atoms with Crippen molar-refractivity contribution in [3.63, 3.8) is 0 Å². The SMILES string of the molecule is CC(C)c1nc2c(c(-c3ccc(F)cc3)c1/C=C/[C@@H]1C[C@H](CC(=O)OC(C)(C)C)OC(C)(C)O1)CCCN2C(=O)OCC[Si](C)(C)C. The number of rotatable bonds is 9. The number of carbonyl (C=O) groups is 2. The van der Waals surface area contributed by atoms with Crippen LogP contribution >= 0.6 is 0 Å². The minimum Gasteiger partial charge on any atom is -0.460 e. The highest BCUT2D eigenvalue weighted by atomic mass is 28.3. The molecule has 1 saturated heterocycles. The monoisotopic (exact) mass is 668 g/mol. The minimum atomic E-state index is -1.38. The lowest BCUT2D eigenvalue weighted by atomic mass is 9.87. The van der Waals surface area contributed by atoms with Crippen LogP contribution in [0.15, 0.2) is 30.3 Å². The molecule has 0 saturated carbocycles. The van der Waals surface area contributed by atoms with Gasteiger partial charge in [-0.2, -0.15) is 0 Å². The normalized spacial score (nSPS) is 20.0. The van der Waals surface area contributed by atoms with Crippen molar-refractivity contribution in [2.24, 2.45) is 0 Å². The Hall–Kier alpha value is -3.08. The average molecular weight is 669 g/mol. The molecular weight excluding hydrogens is 615 g/mol. The van der Waals surface area contributed by atoms with Crippen molar-refractivity contribution in [1.82, 2.24) is 4.98 Å². The van der Waals surface area contributed by atoms with Gasteiger partial charge in [0.15, 0.2) is 5.79 Å². The first-order chi connectivity index (χ1) is 21.8. The van der Waals surface area contributed by atoms with E-state index in [9.17, 15) is 14.0 Å². The summed E-state index contributed by atoms with van der Waals surface area (Å²) in [6.45, 7) is 21.0. The third-order valence-corrected chi connectivity index (χ3v) is 9.76. The molecule has 0 aliphatic carbocycles. The quantitative estimate of drug-likeness (QED) is 0.195. The number of anilines is 1. The number of esters is 1. The maximum atomic E-state index is 14.1. The summed E-state index contributed by atoms with van der Waals surface area (Å²) < 4.78 is 37.9. The fourth-order valence-corrected chi connectivity index (χ4v) is 6.76. The second-order valence-electron chi connectivity index (χ2n) is 15.6. The van der Waals surface area contributed by atoms with Crippen LogP contribution < -0.4 is 4.90 Å². The number of carbonyl (C=O) groups excluding carboxylic acids is 2. The first-order valence-corrected chi connectivity index (χ1v) is 20.6. The van der Waals surface area contributed by atoms with Crippen molar-refractivity contribution in [1.29, 1.82) is 0 Å². The van der Waals surface area contributed by atoms with Gasteiger partial charge >= 0.3 is 12.1 Å². The summed E-state index contributed by atoms with van der Waals surface area (Å²) in [6, 6.07) is 7.37. The van der Waals surface area contributed by atoms with Gasteiger partial charge in [-0.25, -0.2) is 14.2 Å². The van der Waals surface area contributed by atoms with Crippen LogP contribution in [0.5, 0.6) is 0 Å². The zero-order valence-electron chi connectivity index (χ0n) is 29.9. The number of hydrogen-bond acceptors (Lipinski definition) is 7. The van der Waals surface area contributed by atoms with Crippen molar-refractivity contribution < 1.29 is 32.9 Å². The molecule has 0 bridgehead atoms. The molecular formula is C37H53FN2O6Si. The molecule has 1 aromatic carbocycles. The summed E-state index contributed by atoms with van der Waals surface area (Å²) in [4.78, 5) is 32.9. The predicted molar refractivity (Wildman–Crippen MR) is 187 cm³/mol. The van der Waals surface area contributed by atoms with Crippen LogP contribution in [-0.2, 0) is 30.2 Å². The van der Waals surface area contributed by atoms with Crippen molar-refractivity contribution >= 4 is 32.0 Å². The van der Waals surface area contributed by atoms with Gasteiger partial charge in [-0.3, -0.25) is 9.69 Å². The van der Waals surface area contributed by atoms with Gasteiger partial charge < -0.3 is 18.9 Å². The Morgan fingerprint density at radius 2 is 1.83 bits per heavy atom. The predicted octanol–water partition coefficient (Wildman–Crippen LogP) is 8.89. The number of ether oxygens (including phenoxy) is 4. The second kappa shape index (κ2) is 14.6. The largest absolute Gasteiger partial charge is 0.460 e. The number of aromatic nitrogens is 1. The van der Waals surface area contributed by atoms with Gasteiger partial charge in [0.05, 0.1) is 30.9 Å². The van der Waals surface area contributed by atoms with Crippen molar-refractivity contribution in [3.8, 4) is 11.1 Å². The zero-order valence-corrected chi connectivity index (χ0v) is 30.9. The standard InChI is InChI=1S/C37H53FN2O6Si/c1-24(2)33-29(18-17-27-22-28(45-37(6,7)44-27)23-31(41)46-36(3,4)5)32(25-13-15-26(38)16-14-25)30-12-11-19-40(34(30)39-33)35(42)43-20-21-47(8,9)10/h13-18,24,27-28H,11-12,19-23H2,1-10H3/b18-17+/t27-,28-/m1/s1. The van der Waals surface area contributed by atoms with Gasteiger partial charge in [0, 0.05) is 32.2 Å². The molecule has 1 amide bonds. The highest BCUT2D eigenvalue weighted by molar-refractivity contribution is 6.76. The molecule has 0 spiro atoms. The number of fused-ring (bicyclic) bond motifs is 1. The van der Waals surface area contributed by atoms with E-state index in [-0.39, 0.29) is 42.4 Å². The molecule has 258 valence electrons. The third-order valence-electron chi connectivity index (χ3n) is 8.06. The van der Waals surface area contributed by atoms with E-state index in [2.05, 4.69) is 33.5 Å². The summed E-state index contributed by atoms with van der Waals surface area (Å²) in [7, 11) is -1.38. The number of halogens is 1. The van der Waals surface area contributed by atoms with Crippen LogP contribution in [0, 0.1) is 5.82 Å². The molecule has 0 radical (unpaired) electrons. The molecule has 10 heteroatoms. The lowest BCUT2D eigenvalue weighted by Crippen LogP contribution is -2.45. The van der Waals surface area contributed by atoms with E-state index in [1.165, 1.54) is 12.1 Å². The Balaban J connectivity index is 1.74. The number of hydrogen-bond donors (Lipinski definition) is 0. The summed E-state index contributed by atoms with van der Waals surface area (Å²) in [6.07, 6.45) is 4.98. The molecule has 0 N–H and O–H groups in total. The molecule has 1 fully saturated rings. The summed E-state index contributed by atoms with van der Waals surface area (Å²) in [5.41, 5.74) is 3.84. The van der Waals surface area contributed by atoms with Crippen LogP contribution in [-0.4, -0.2) is 61.9 Å². The lowest BCUT2D eigenvalue weighted by molar-refractivity contribution is -0.290. The Morgan fingerprint density at radius 1 is 1.15 bits per heavy atom. The van der Waals surface area contributed by atoms with Crippen molar-refractivity contribution in [2.75, 3.05) is 18.1 Å². The van der Waals surface area contributed by atoms with E-state index in [1.54, 1.807) is 17.0 Å². The Bertz CT molecular complexity index is 1460. The smallest absolute Gasteiger partial charge is 0.415 e. The lowest BCUT2D eigenvalue weighted by Gasteiger charge is -2.40. The van der Waals surface area contributed by atoms with Gasteiger partial charge in [-0.15, -0.1) is 0 Å². The van der Waals surface area contributed by atoms with Crippen LogP contribution in [0.1, 0.15) is 90.5 Å². The first kappa shape index (κ1) is 36.7. The summed E-state index contributed by atoms with van der Waals surface area (Å²) in [5, 5.41) is 0. The Labute approximate surface area is 281 Å². The minimum absolute atomic E-state index is 0.0119. The molecule has 47 heavy (non-hydrogen) atoms. The third kappa shape index (κ3) is 10.2. The zero-order chi connectivity index (χ0) is 34.7. The fraction of sp³-hybridized carbons (Fsp3) is 0.595. The molecule has 3 heterocycles. The molecule has 0 unspecified atom stereocenters. The van der Waals surface area contributed by atoms with Gasteiger partial charge in [0.1, 0.15) is 17.2 Å². The molecule has 1 aromatic heterocycles. The first-order valence-electron chi connectivity index (χ1n) is 16.8. The van der Waals surface area contributed by atoms with Gasteiger partial charge in [-0.05, 0) is 82.7 Å². The second-order valence-corrected chi connectivity index (χ2v) is 21.2. The molecule has 4 rings (SSSR count). The summed E-state index contributed by atoms with van der Waals surface area (Å²) >= 11 is 0. The molecule has 2 atom stereocenters. The highest BCUT2D eigenvalue weighted by Crippen LogP contribution is 2.41. The maximum Gasteiger partial charge on any atom is 0.415 e. The van der Waals surface area contributed by atoms with Crippen molar-refractivity contribution in [2.45, 2.75) is 129 Å². The van der Waals surface area contributed by atoms with Gasteiger partial charge in [0.25, 0.3) is 0 Å². The number of nitrogens with zero attached hydrogens (tertiary/aromatic N) is 2. The van der Waals surface area contributed by atoms with Crippen LogP contribution in [0.3, 0.4) is 0 Å². The van der Waals surface area contributed by atoms with Crippen LogP contribution in [0.25, 0.3) is 17.2 Å². The Kier molecular flexibility index (Phi) is 11.4. The van der Waals surface area contributed by atoms with Gasteiger partial charge in [-0.1, -0.05) is 57.8 Å². The number of pyridine rings is 1. The Morgan fingerprint density at radius 3 is 2.45 bits per heavy atom.